The standard InChI is InChI=1S/C12H9BrFNO/c13-9-3-1-2-4-11(9)16-12-6-5-8(14)7-10(12)15/h1-7H,15H2. The van der Waals surface area contributed by atoms with Gasteiger partial charge in [-0.3, -0.25) is 0 Å². The number of benzene rings is 2. The molecule has 0 saturated heterocycles. The lowest BCUT2D eigenvalue weighted by Gasteiger charge is -2.09. The van der Waals surface area contributed by atoms with Crippen molar-refractivity contribution in [1.82, 2.24) is 0 Å². The summed E-state index contributed by atoms with van der Waals surface area (Å²) < 4.78 is 19.2. The first kappa shape index (κ1) is 11.0. The Morgan fingerprint density at radius 1 is 1.06 bits per heavy atom. The molecule has 0 amide bonds. The molecule has 0 unspecified atom stereocenters. The molecule has 2 rings (SSSR count). The van der Waals surface area contributed by atoms with Crippen molar-refractivity contribution in [1.29, 1.82) is 0 Å². The molecule has 0 spiro atoms. The van der Waals surface area contributed by atoms with Crippen LogP contribution in [0.15, 0.2) is 46.9 Å². The minimum absolute atomic E-state index is 0.274. The first-order chi connectivity index (χ1) is 7.66. The Balaban J connectivity index is 2.31. The van der Waals surface area contributed by atoms with Crippen molar-refractivity contribution in [3.8, 4) is 11.5 Å². The molecule has 0 radical (unpaired) electrons. The maximum atomic E-state index is 12.8. The predicted octanol–water partition coefficient (Wildman–Crippen LogP) is 3.96. The van der Waals surface area contributed by atoms with Gasteiger partial charge >= 0.3 is 0 Å². The van der Waals surface area contributed by atoms with Crippen molar-refractivity contribution in [3.63, 3.8) is 0 Å². The van der Waals surface area contributed by atoms with E-state index in [4.69, 9.17) is 10.5 Å². The van der Waals surface area contributed by atoms with Crippen LogP contribution in [0.25, 0.3) is 0 Å². The van der Waals surface area contributed by atoms with Crippen LogP contribution < -0.4 is 10.5 Å². The molecule has 0 bridgehead atoms. The molecule has 0 aliphatic heterocycles. The molecule has 82 valence electrons. The van der Waals surface area contributed by atoms with E-state index in [9.17, 15) is 4.39 Å². The van der Waals surface area contributed by atoms with E-state index in [1.165, 1.54) is 18.2 Å². The molecule has 0 saturated carbocycles. The van der Waals surface area contributed by atoms with Gasteiger partial charge in [0, 0.05) is 6.07 Å². The van der Waals surface area contributed by atoms with Crippen molar-refractivity contribution >= 4 is 21.6 Å². The summed E-state index contributed by atoms with van der Waals surface area (Å²) >= 11 is 3.35. The molecule has 0 aliphatic carbocycles. The zero-order valence-corrected chi connectivity index (χ0v) is 9.87. The van der Waals surface area contributed by atoms with Crippen molar-refractivity contribution in [2.45, 2.75) is 0 Å². The van der Waals surface area contributed by atoms with Gasteiger partial charge in [0.2, 0.25) is 0 Å². The van der Waals surface area contributed by atoms with Crippen LogP contribution in [0.1, 0.15) is 0 Å². The fraction of sp³-hybridized carbons (Fsp3) is 0. The highest BCUT2D eigenvalue weighted by molar-refractivity contribution is 9.10. The fourth-order valence-corrected chi connectivity index (χ4v) is 1.62. The lowest BCUT2D eigenvalue weighted by atomic mass is 10.3. The smallest absolute Gasteiger partial charge is 0.150 e. The monoisotopic (exact) mass is 281 g/mol. The van der Waals surface area contributed by atoms with Gasteiger partial charge in [-0.2, -0.15) is 0 Å². The van der Waals surface area contributed by atoms with Gasteiger partial charge < -0.3 is 10.5 Å². The second-order valence-electron chi connectivity index (χ2n) is 3.21. The van der Waals surface area contributed by atoms with Gasteiger partial charge in [-0.1, -0.05) is 12.1 Å². The maximum absolute atomic E-state index is 12.8. The largest absolute Gasteiger partial charge is 0.454 e. The van der Waals surface area contributed by atoms with Gasteiger partial charge in [0.1, 0.15) is 11.6 Å². The van der Waals surface area contributed by atoms with Crippen LogP contribution in [0.5, 0.6) is 11.5 Å². The van der Waals surface area contributed by atoms with Gasteiger partial charge in [-0.25, -0.2) is 4.39 Å². The lowest BCUT2D eigenvalue weighted by Crippen LogP contribution is -1.93. The Morgan fingerprint density at radius 2 is 1.81 bits per heavy atom. The van der Waals surface area contributed by atoms with E-state index < -0.39 is 0 Å². The third kappa shape index (κ3) is 2.33. The van der Waals surface area contributed by atoms with Crippen LogP contribution in [-0.4, -0.2) is 0 Å². The first-order valence-corrected chi connectivity index (χ1v) is 5.43. The minimum atomic E-state index is -0.378. The average Bonchev–Trinajstić information content (AvgIpc) is 2.25. The normalized spacial score (nSPS) is 10.1. The fourth-order valence-electron chi connectivity index (χ4n) is 1.26. The predicted molar refractivity (Wildman–Crippen MR) is 65.0 cm³/mol. The Hall–Kier alpha value is -1.55. The first-order valence-electron chi connectivity index (χ1n) is 4.64. The van der Waals surface area contributed by atoms with E-state index in [1.807, 2.05) is 18.2 Å². The van der Waals surface area contributed by atoms with Gasteiger partial charge in [0.05, 0.1) is 10.2 Å². The second-order valence-corrected chi connectivity index (χ2v) is 4.07. The molecule has 2 N–H and O–H groups in total. The molecular formula is C12H9BrFNO. The van der Waals surface area contributed by atoms with E-state index in [-0.39, 0.29) is 11.5 Å². The van der Waals surface area contributed by atoms with Crippen LogP contribution in [0.4, 0.5) is 10.1 Å². The third-order valence-electron chi connectivity index (χ3n) is 2.03. The summed E-state index contributed by atoms with van der Waals surface area (Å²) in [5.41, 5.74) is 5.91. The van der Waals surface area contributed by atoms with Gasteiger partial charge in [-0.15, -0.1) is 0 Å². The molecule has 0 aliphatic rings. The van der Waals surface area contributed by atoms with E-state index in [1.54, 1.807) is 6.07 Å². The van der Waals surface area contributed by atoms with E-state index >= 15 is 0 Å². The van der Waals surface area contributed by atoms with E-state index in [0.29, 0.717) is 11.5 Å². The summed E-state index contributed by atoms with van der Waals surface area (Å²) in [5.74, 6) is 0.700. The average molecular weight is 282 g/mol. The van der Waals surface area contributed by atoms with Crippen molar-refractivity contribution < 1.29 is 9.13 Å². The SMILES string of the molecule is Nc1cc(F)ccc1Oc1ccccc1Br. The highest BCUT2D eigenvalue weighted by atomic mass is 79.9. The molecule has 2 aromatic carbocycles. The molecule has 0 aromatic heterocycles. The maximum Gasteiger partial charge on any atom is 0.150 e. The number of hydrogen-bond acceptors (Lipinski definition) is 2. The third-order valence-corrected chi connectivity index (χ3v) is 2.68. The summed E-state index contributed by atoms with van der Waals surface area (Å²) in [6, 6.07) is 11.4. The summed E-state index contributed by atoms with van der Waals surface area (Å²) in [4.78, 5) is 0. The van der Waals surface area contributed by atoms with Crippen molar-refractivity contribution in [2.75, 3.05) is 5.73 Å². The highest BCUT2D eigenvalue weighted by Gasteiger charge is 2.05. The zero-order valence-electron chi connectivity index (χ0n) is 8.28. The quantitative estimate of drug-likeness (QED) is 0.846. The number of hydrogen-bond donors (Lipinski definition) is 1. The lowest BCUT2D eigenvalue weighted by molar-refractivity contribution is 0.480. The van der Waals surface area contributed by atoms with Crippen molar-refractivity contribution in [2.24, 2.45) is 0 Å². The summed E-state index contributed by atoms with van der Waals surface area (Å²) in [7, 11) is 0. The number of para-hydroxylation sites is 1. The molecule has 0 fully saturated rings. The Kier molecular flexibility index (Phi) is 3.10. The van der Waals surface area contributed by atoms with Gasteiger partial charge in [-0.05, 0) is 40.2 Å². The summed E-state index contributed by atoms with van der Waals surface area (Å²) in [6.07, 6.45) is 0. The van der Waals surface area contributed by atoms with Crippen LogP contribution in [0.2, 0.25) is 0 Å². The number of rotatable bonds is 2. The van der Waals surface area contributed by atoms with Gasteiger partial charge in [0.25, 0.3) is 0 Å². The molecule has 0 atom stereocenters. The summed E-state index contributed by atoms with van der Waals surface area (Å²) in [5, 5.41) is 0. The number of nitrogen functional groups attached to an aromatic ring is 1. The number of anilines is 1. The van der Waals surface area contributed by atoms with E-state index in [0.717, 1.165) is 4.47 Å². The number of halogens is 2. The second kappa shape index (κ2) is 4.53. The minimum Gasteiger partial charge on any atom is -0.454 e. The number of nitrogens with two attached hydrogens (primary N) is 1. The topological polar surface area (TPSA) is 35.2 Å². The number of ether oxygens (including phenoxy) is 1. The molecule has 4 heteroatoms. The Morgan fingerprint density at radius 3 is 2.50 bits per heavy atom. The van der Waals surface area contributed by atoms with Crippen LogP contribution in [0.3, 0.4) is 0 Å². The van der Waals surface area contributed by atoms with Crippen LogP contribution in [0, 0.1) is 5.82 Å². The van der Waals surface area contributed by atoms with Gasteiger partial charge in [0.15, 0.2) is 5.75 Å². The molecule has 2 nitrogen and oxygen atoms in total. The molecule has 0 heterocycles. The molecular weight excluding hydrogens is 273 g/mol. The van der Waals surface area contributed by atoms with Crippen LogP contribution >= 0.6 is 15.9 Å². The molecule has 16 heavy (non-hydrogen) atoms. The zero-order chi connectivity index (χ0) is 11.5. The Labute approximate surface area is 101 Å². The van der Waals surface area contributed by atoms with Crippen molar-refractivity contribution in [3.05, 3.63) is 52.8 Å². The summed E-state index contributed by atoms with van der Waals surface area (Å²) in [6.45, 7) is 0. The van der Waals surface area contributed by atoms with E-state index in [2.05, 4.69) is 15.9 Å². The Bertz CT molecular complexity index is 516. The van der Waals surface area contributed by atoms with Crippen LogP contribution in [-0.2, 0) is 0 Å². The highest BCUT2D eigenvalue weighted by Crippen LogP contribution is 2.32. The molecule has 2 aromatic rings.